The van der Waals surface area contributed by atoms with Crippen LogP contribution >= 0.6 is 34.5 Å². The lowest BCUT2D eigenvalue weighted by molar-refractivity contribution is -0.115. The quantitative estimate of drug-likeness (QED) is 0.672. The maximum Gasteiger partial charge on any atom is 0.341 e. The van der Waals surface area contributed by atoms with Gasteiger partial charge < -0.3 is 15.8 Å². The molecule has 1 heterocycles. The Morgan fingerprint density at radius 3 is 2.44 bits per heavy atom. The smallest absolute Gasteiger partial charge is 0.341 e. The number of anilines is 1. The van der Waals surface area contributed by atoms with Crippen molar-refractivity contribution in [2.45, 2.75) is 33.3 Å². The Bertz CT molecular complexity index is 909. The second-order valence-corrected chi connectivity index (χ2v) is 7.89. The summed E-state index contributed by atoms with van der Waals surface area (Å²) in [6, 6.07) is 4.86. The summed E-state index contributed by atoms with van der Waals surface area (Å²) in [6.07, 6.45) is -0.341. The first-order chi connectivity index (χ1) is 12.6. The summed E-state index contributed by atoms with van der Waals surface area (Å²) >= 11 is 12.8. The Hall–Kier alpha value is -2.09. The normalized spacial score (nSPS) is 10.7. The van der Waals surface area contributed by atoms with Crippen molar-refractivity contribution < 1.29 is 19.1 Å². The molecule has 0 aliphatic rings. The summed E-state index contributed by atoms with van der Waals surface area (Å²) < 4.78 is 5.21. The zero-order chi connectivity index (χ0) is 20.3. The highest BCUT2D eigenvalue weighted by Gasteiger charge is 2.26. The van der Waals surface area contributed by atoms with Crippen molar-refractivity contribution in [2.24, 2.45) is 5.73 Å². The van der Waals surface area contributed by atoms with Crippen molar-refractivity contribution >= 4 is 57.3 Å². The molecule has 0 aliphatic carbocycles. The van der Waals surface area contributed by atoms with Crippen LogP contribution in [0, 0.1) is 6.92 Å². The minimum atomic E-state index is -0.680. The van der Waals surface area contributed by atoms with Gasteiger partial charge in [-0.05, 0) is 44.0 Å². The van der Waals surface area contributed by atoms with Crippen LogP contribution < -0.4 is 11.1 Å². The van der Waals surface area contributed by atoms with Gasteiger partial charge in [0.25, 0.3) is 5.91 Å². The third kappa shape index (κ3) is 5.22. The second kappa shape index (κ2) is 8.73. The maximum absolute atomic E-state index is 12.4. The molecule has 2 amide bonds. The van der Waals surface area contributed by atoms with Gasteiger partial charge in [-0.15, -0.1) is 11.3 Å². The van der Waals surface area contributed by atoms with Gasteiger partial charge in [0.15, 0.2) is 0 Å². The lowest BCUT2D eigenvalue weighted by Gasteiger charge is -2.10. The topological polar surface area (TPSA) is 98.5 Å². The predicted octanol–water partition coefficient (Wildman–Crippen LogP) is 4.21. The monoisotopic (exact) mass is 428 g/mol. The molecule has 27 heavy (non-hydrogen) atoms. The van der Waals surface area contributed by atoms with E-state index in [0.29, 0.717) is 21.2 Å². The molecular formula is C18H18Cl2N2O4S. The molecule has 0 bridgehead atoms. The SMILES string of the molecule is Cc1c(C(N)=O)sc(NC(=O)Cc2ccc(Cl)c(Cl)c2)c1C(=O)OC(C)C. The molecule has 0 spiro atoms. The third-order valence-corrected chi connectivity index (χ3v) is 5.48. The zero-order valence-electron chi connectivity index (χ0n) is 14.9. The summed E-state index contributed by atoms with van der Waals surface area (Å²) in [7, 11) is 0. The van der Waals surface area contributed by atoms with E-state index in [-0.39, 0.29) is 33.9 Å². The fourth-order valence-corrected chi connectivity index (χ4v) is 3.75. The summed E-state index contributed by atoms with van der Waals surface area (Å²) in [5.41, 5.74) is 6.52. The van der Waals surface area contributed by atoms with Crippen LogP contribution in [0.5, 0.6) is 0 Å². The highest BCUT2D eigenvalue weighted by Crippen LogP contribution is 2.34. The van der Waals surface area contributed by atoms with Crippen molar-refractivity contribution in [1.29, 1.82) is 0 Å². The molecule has 0 atom stereocenters. The van der Waals surface area contributed by atoms with E-state index in [1.54, 1.807) is 39.0 Å². The number of primary amides is 1. The fraction of sp³-hybridized carbons (Fsp3) is 0.278. The molecule has 0 saturated carbocycles. The first-order valence-corrected chi connectivity index (χ1v) is 9.55. The number of ether oxygens (including phenoxy) is 1. The fourth-order valence-electron chi connectivity index (χ4n) is 2.36. The first kappa shape index (κ1) is 21.2. The summed E-state index contributed by atoms with van der Waals surface area (Å²) in [4.78, 5) is 36.6. The van der Waals surface area contributed by atoms with Crippen molar-refractivity contribution in [3.63, 3.8) is 0 Å². The van der Waals surface area contributed by atoms with E-state index in [0.717, 1.165) is 11.3 Å². The van der Waals surface area contributed by atoms with Crippen LogP contribution in [0.25, 0.3) is 0 Å². The average Bonchev–Trinajstić information content (AvgIpc) is 2.86. The number of hydrogen-bond acceptors (Lipinski definition) is 5. The molecule has 0 unspecified atom stereocenters. The largest absolute Gasteiger partial charge is 0.459 e. The van der Waals surface area contributed by atoms with Crippen LogP contribution in [-0.2, 0) is 16.0 Å². The van der Waals surface area contributed by atoms with E-state index in [1.807, 2.05) is 0 Å². The first-order valence-electron chi connectivity index (χ1n) is 7.98. The number of carbonyl (C=O) groups excluding carboxylic acids is 3. The van der Waals surface area contributed by atoms with Crippen LogP contribution in [0.3, 0.4) is 0 Å². The molecule has 6 nitrogen and oxygen atoms in total. The molecule has 144 valence electrons. The van der Waals surface area contributed by atoms with Gasteiger partial charge >= 0.3 is 5.97 Å². The van der Waals surface area contributed by atoms with Crippen LogP contribution in [0.4, 0.5) is 5.00 Å². The van der Waals surface area contributed by atoms with E-state index in [9.17, 15) is 14.4 Å². The molecule has 0 aliphatic heterocycles. The molecule has 2 aromatic rings. The maximum atomic E-state index is 12.4. The van der Waals surface area contributed by atoms with Crippen molar-refractivity contribution in [3.8, 4) is 0 Å². The molecule has 0 fully saturated rings. The van der Waals surface area contributed by atoms with E-state index >= 15 is 0 Å². The van der Waals surface area contributed by atoms with E-state index in [4.69, 9.17) is 33.7 Å². The molecule has 1 aromatic carbocycles. The van der Waals surface area contributed by atoms with Crippen molar-refractivity contribution in [2.75, 3.05) is 5.32 Å². The van der Waals surface area contributed by atoms with Crippen LogP contribution in [0.1, 0.15) is 45.0 Å². The van der Waals surface area contributed by atoms with E-state index in [2.05, 4.69) is 5.32 Å². The van der Waals surface area contributed by atoms with Gasteiger partial charge in [-0.2, -0.15) is 0 Å². The van der Waals surface area contributed by atoms with Gasteiger partial charge in [0.05, 0.1) is 33.0 Å². The number of thiophene rings is 1. The van der Waals surface area contributed by atoms with Gasteiger partial charge in [0.1, 0.15) is 5.00 Å². The van der Waals surface area contributed by atoms with Gasteiger partial charge in [0.2, 0.25) is 5.91 Å². The van der Waals surface area contributed by atoms with Crippen LogP contribution in [0.2, 0.25) is 10.0 Å². The van der Waals surface area contributed by atoms with Crippen LogP contribution in [-0.4, -0.2) is 23.9 Å². The van der Waals surface area contributed by atoms with Crippen molar-refractivity contribution in [1.82, 2.24) is 0 Å². The molecule has 2 rings (SSSR count). The molecule has 1 aromatic heterocycles. The van der Waals surface area contributed by atoms with Gasteiger partial charge in [-0.3, -0.25) is 9.59 Å². The van der Waals surface area contributed by atoms with Crippen molar-refractivity contribution in [3.05, 3.63) is 49.8 Å². The number of halogens is 2. The number of benzene rings is 1. The molecule has 0 saturated heterocycles. The number of nitrogens with one attached hydrogen (secondary N) is 1. The summed E-state index contributed by atoms with van der Waals surface area (Å²) in [5.74, 6) is -1.69. The number of rotatable bonds is 6. The third-order valence-electron chi connectivity index (χ3n) is 3.52. The number of esters is 1. The standard InChI is InChI=1S/C18H18Cl2N2O4S/c1-8(2)26-18(25)14-9(3)15(16(21)24)27-17(14)22-13(23)7-10-4-5-11(19)12(20)6-10/h4-6,8H,7H2,1-3H3,(H2,21,24)(H,22,23). The minimum Gasteiger partial charge on any atom is -0.459 e. The van der Waals surface area contributed by atoms with E-state index in [1.165, 1.54) is 0 Å². The Labute approximate surface area is 170 Å². The predicted molar refractivity (Wildman–Crippen MR) is 107 cm³/mol. The average molecular weight is 429 g/mol. The zero-order valence-corrected chi connectivity index (χ0v) is 17.2. The Balaban J connectivity index is 2.29. The molecule has 9 heteroatoms. The second-order valence-electron chi connectivity index (χ2n) is 6.05. The Morgan fingerprint density at radius 1 is 1.22 bits per heavy atom. The lowest BCUT2D eigenvalue weighted by Crippen LogP contribution is -2.18. The molecular weight excluding hydrogens is 411 g/mol. The Morgan fingerprint density at radius 2 is 1.89 bits per heavy atom. The minimum absolute atomic E-state index is 0.0123. The lowest BCUT2D eigenvalue weighted by atomic mass is 10.1. The molecule has 0 radical (unpaired) electrons. The number of amides is 2. The highest BCUT2D eigenvalue weighted by atomic mass is 35.5. The Kier molecular flexibility index (Phi) is 6.86. The van der Waals surface area contributed by atoms with E-state index < -0.39 is 11.9 Å². The summed E-state index contributed by atoms with van der Waals surface area (Å²) in [5, 5.41) is 3.61. The van der Waals surface area contributed by atoms with Crippen LogP contribution in [0.15, 0.2) is 18.2 Å². The number of carbonyl (C=O) groups is 3. The highest BCUT2D eigenvalue weighted by molar-refractivity contribution is 7.18. The van der Waals surface area contributed by atoms with Gasteiger partial charge in [-0.1, -0.05) is 29.3 Å². The number of hydrogen-bond donors (Lipinski definition) is 2. The summed E-state index contributed by atoms with van der Waals surface area (Å²) in [6.45, 7) is 5.00. The molecule has 3 N–H and O–H groups in total. The number of nitrogens with two attached hydrogens (primary N) is 1. The van der Waals surface area contributed by atoms with Gasteiger partial charge in [-0.25, -0.2) is 4.79 Å². The van der Waals surface area contributed by atoms with Gasteiger partial charge in [0, 0.05) is 0 Å².